The van der Waals surface area contributed by atoms with Gasteiger partial charge in [-0.1, -0.05) is 91.0 Å². The van der Waals surface area contributed by atoms with Crippen molar-refractivity contribution in [3.63, 3.8) is 0 Å². The van der Waals surface area contributed by atoms with Gasteiger partial charge in [-0.25, -0.2) is 0 Å². The maximum atomic E-state index is 13.9. The average Bonchev–Trinajstić information content (AvgIpc) is 3.36. The molecule has 0 spiro atoms. The molecule has 0 aromatic heterocycles. The highest BCUT2D eigenvalue weighted by Crippen LogP contribution is 2.31. The second-order valence-corrected chi connectivity index (χ2v) is 9.26. The Morgan fingerprint density at radius 1 is 0.886 bits per heavy atom. The molecule has 1 saturated heterocycles. The molecule has 0 bridgehead atoms. The highest BCUT2D eigenvalue weighted by Gasteiger charge is 2.43. The van der Waals surface area contributed by atoms with Gasteiger partial charge in [0, 0.05) is 19.1 Å². The fraction of sp³-hybridized carbons (Fsp3) is 0.333. The molecule has 0 N–H and O–H groups in total. The van der Waals surface area contributed by atoms with E-state index in [0.29, 0.717) is 13.1 Å². The van der Waals surface area contributed by atoms with E-state index in [1.54, 1.807) is 0 Å². The van der Waals surface area contributed by atoms with E-state index in [1.165, 1.54) is 12.7 Å². The second-order valence-electron chi connectivity index (χ2n) is 9.26. The fourth-order valence-corrected chi connectivity index (χ4v) is 5.09. The quantitative estimate of drug-likeness (QED) is 0.436. The predicted octanol–water partition coefficient (Wildman–Crippen LogP) is 4.38. The molecule has 1 aliphatic heterocycles. The van der Waals surface area contributed by atoms with Gasteiger partial charge in [0.1, 0.15) is 0 Å². The van der Waals surface area contributed by atoms with Crippen molar-refractivity contribution in [3.05, 3.63) is 108 Å². The Morgan fingerprint density at radius 3 is 1.97 bits per heavy atom. The maximum absolute atomic E-state index is 13.9. The van der Waals surface area contributed by atoms with Crippen LogP contribution in [-0.2, 0) is 20.7 Å². The van der Waals surface area contributed by atoms with E-state index in [4.69, 9.17) is 4.74 Å². The van der Waals surface area contributed by atoms with E-state index in [1.807, 2.05) is 78.7 Å². The minimum atomic E-state index is -0.405. The van der Waals surface area contributed by atoms with Gasteiger partial charge in [0.15, 0.2) is 0 Å². The number of methoxy groups -OCH3 is 1. The van der Waals surface area contributed by atoms with Gasteiger partial charge in [-0.15, -0.1) is 0 Å². The zero-order valence-corrected chi connectivity index (χ0v) is 20.5. The first-order valence-electron chi connectivity index (χ1n) is 12.3. The molecule has 2 unspecified atom stereocenters. The van der Waals surface area contributed by atoms with Crippen LogP contribution in [-0.4, -0.2) is 61.5 Å². The summed E-state index contributed by atoms with van der Waals surface area (Å²) < 4.78 is 5.14. The standard InChI is InChI=1S/C30H34N2O3/c1-31(20-12-15-23-13-6-3-7-14-23)27-22-32(21-26(27)30(34)35-2)29(33)28(24-16-8-4-9-17-24)25-18-10-5-11-19-25/h3-11,13-14,16-19,26-28H,12,15,20-22H2,1-2H3. The third-order valence-corrected chi connectivity index (χ3v) is 7.00. The van der Waals surface area contributed by atoms with Crippen molar-refractivity contribution in [1.82, 2.24) is 9.80 Å². The van der Waals surface area contributed by atoms with Crippen LogP contribution in [0.15, 0.2) is 91.0 Å². The van der Waals surface area contributed by atoms with E-state index in [0.717, 1.165) is 30.5 Å². The number of nitrogens with zero attached hydrogens (tertiary/aromatic N) is 2. The summed E-state index contributed by atoms with van der Waals surface area (Å²) in [7, 11) is 3.47. The van der Waals surface area contributed by atoms with Crippen LogP contribution in [0.1, 0.15) is 29.0 Å². The van der Waals surface area contributed by atoms with Gasteiger partial charge < -0.3 is 14.5 Å². The molecule has 1 amide bonds. The van der Waals surface area contributed by atoms with Crippen LogP contribution >= 0.6 is 0 Å². The molecule has 0 saturated carbocycles. The van der Waals surface area contributed by atoms with Crippen molar-refractivity contribution in [2.24, 2.45) is 5.92 Å². The zero-order valence-electron chi connectivity index (χ0n) is 20.5. The Hall–Kier alpha value is -3.44. The summed E-state index contributed by atoms with van der Waals surface area (Å²) in [5, 5.41) is 0. The van der Waals surface area contributed by atoms with Crippen LogP contribution in [0.25, 0.3) is 0 Å². The Kier molecular flexibility index (Phi) is 8.32. The Morgan fingerprint density at radius 2 is 1.43 bits per heavy atom. The van der Waals surface area contributed by atoms with E-state index in [-0.39, 0.29) is 23.8 Å². The SMILES string of the molecule is COC(=O)C1CN(C(=O)C(c2ccccc2)c2ccccc2)CC1N(C)CCCc1ccccc1. The summed E-state index contributed by atoms with van der Waals surface area (Å²) in [6, 6.07) is 30.1. The van der Waals surface area contributed by atoms with Gasteiger partial charge in [-0.2, -0.15) is 0 Å². The number of likely N-dealkylation sites (N-methyl/N-ethyl adjacent to an activating group) is 1. The number of benzene rings is 3. The van der Waals surface area contributed by atoms with Crippen molar-refractivity contribution in [3.8, 4) is 0 Å². The van der Waals surface area contributed by atoms with Gasteiger partial charge in [0.05, 0.1) is 18.9 Å². The minimum Gasteiger partial charge on any atom is -0.469 e. The Bertz CT molecular complexity index is 1050. The van der Waals surface area contributed by atoms with Crippen molar-refractivity contribution in [1.29, 1.82) is 0 Å². The topological polar surface area (TPSA) is 49.9 Å². The monoisotopic (exact) mass is 470 g/mol. The summed E-state index contributed by atoms with van der Waals surface area (Å²) >= 11 is 0. The normalized spacial score (nSPS) is 17.7. The molecule has 3 aromatic rings. The fourth-order valence-electron chi connectivity index (χ4n) is 5.09. The lowest BCUT2D eigenvalue weighted by molar-refractivity contribution is -0.146. The molecule has 1 heterocycles. The predicted molar refractivity (Wildman–Crippen MR) is 138 cm³/mol. The molecule has 2 atom stereocenters. The van der Waals surface area contributed by atoms with Crippen molar-refractivity contribution in [2.75, 3.05) is 33.8 Å². The number of hydrogen-bond donors (Lipinski definition) is 0. The van der Waals surface area contributed by atoms with E-state index >= 15 is 0 Å². The van der Waals surface area contributed by atoms with Gasteiger partial charge in [0.2, 0.25) is 5.91 Å². The summed E-state index contributed by atoms with van der Waals surface area (Å²) in [6.07, 6.45) is 1.96. The average molecular weight is 471 g/mol. The van der Waals surface area contributed by atoms with Crippen molar-refractivity contribution >= 4 is 11.9 Å². The number of carbonyl (C=O) groups excluding carboxylic acids is 2. The summed E-state index contributed by atoms with van der Waals surface area (Å²) in [6.45, 7) is 1.72. The van der Waals surface area contributed by atoms with Crippen LogP contribution in [0, 0.1) is 5.92 Å². The molecular formula is C30H34N2O3. The van der Waals surface area contributed by atoms with E-state index in [2.05, 4.69) is 29.2 Å². The number of ether oxygens (including phenoxy) is 1. The van der Waals surface area contributed by atoms with E-state index in [9.17, 15) is 9.59 Å². The number of rotatable bonds is 9. The first-order chi connectivity index (χ1) is 17.1. The summed E-state index contributed by atoms with van der Waals surface area (Å²) in [4.78, 5) is 30.7. The van der Waals surface area contributed by atoms with Crippen molar-refractivity contribution in [2.45, 2.75) is 24.8 Å². The number of hydrogen-bond acceptors (Lipinski definition) is 4. The Labute approximate surface area is 208 Å². The van der Waals surface area contributed by atoms with Crippen LogP contribution in [0.5, 0.6) is 0 Å². The molecular weight excluding hydrogens is 436 g/mol. The Balaban J connectivity index is 1.50. The van der Waals surface area contributed by atoms with Gasteiger partial charge in [-0.05, 0) is 43.1 Å². The third-order valence-electron chi connectivity index (χ3n) is 7.00. The number of aryl methyl sites for hydroxylation is 1. The number of carbonyl (C=O) groups is 2. The molecule has 5 heteroatoms. The molecule has 5 nitrogen and oxygen atoms in total. The largest absolute Gasteiger partial charge is 0.469 e. The van der Waals surface area contributed by atoms with Crippen LogP contribution in [0.4, 0.5) is 0 Å². The molecule has 4 rings (SSSR count). The van der Waals surface area contributed by atoms with Gasteiger partial charge in [-0.3, -0.25) is 9.59 Å². The first kappa shape index (κ1) is 24.7. The molecule has 1 aliphatic rings. The lowest BCUT2D eigenvalue weighted by atomic mass is 9.90. The van der Waals surface area contributed by atoms with Crippen LogP contribution in [0.2, 0.25) is 0 Å². The molecule has 0 aliphatic carbocycles. The number of likely N-dealkylation sites (tertiary alicyclic amines) is 1. The molecule has 1 fully saturated rings. The van der Waals surface area contributed by atoms with Crippen molar-refractivity contribution < 1.29 is 14.3 Å². The molecule has 35 heavy (non-hydrogen) atoms. The zero-order chi connectivity index (χ0) is 24.6. The van der Waals surface area contributed by atoms with Crippen LogP contribution < -0.4 is 0 Å². The van der Waals surface area contributed by atoms with Gasteiger partial charge >= 0.3 is 5.97 Å². The summed E-state index contributed by atoms with van der Waals surface area (Å²) in [5.74, 6) is -0.997. The highest BCUT2D eigenvalue weighted by molar-refractivity contribution is 5.88. The smallest absolute Gasteiger partial charge is 0.312 e. The lowest BCUT2D eigenvalue weighted by Crippen LogP contribution is -2.42. The first-order valence-corrected chi connectivity index (χ1v) is 12.3. The third kappa shape index (κ3) is 5.98. The summed E-state index contributed by atoms with van der Waals surface area (Å²) in [5.41, 5.74) is 3.22. The molecule has 182 valence electrons. The lowest BCUT2D eigenvalue weighted by Gasteiger charge is -2.28. The van der Waals surface area contributed by atoms with E-state index < -0.39 is 5.92 Å². The maximum Gasteiger partial charge on any atom is 0.312 e. The highest BCUT2D eigenvalue weighted by atomic mass is 16.5. The van der Waals surface area contributed by atoms with Gasteiger partial charge in [0.25, 0.3) is 0 Å². The minimum absolute atomic E-state index is 0.0245. The second kappa shape index (κ2) is 11.8. The number of esters is 1. The number of amides is 1. The van der Waals surface area contributed by atoms with Crippen LogP contribution in [0.3, 0.4) is 0 Å². The molecule has 0 radical (unpaired) electrons. The molecule has 3 aromatic carbocycles.